The Balaban J connectivity index is 0.000000743. The summed E-state index contributed by atoms with van der Waals surface area (Å²) in [6.07, 6.45) is -3.10. The van der Waals surface area contributed by atoms with E-state index >= 15 is 0 Å². The second-order valence-corrected chi connectivity index (χ2v) is 13.9. The molecule has 58 heavy (non-hydrogen) atoms. The Morgan fingerprint density at radius 1 is 0.897 bits per heavy atom. The average Bonchev–Trinajstić information content (AvgIpc) is 3.93. The number of rotatable bonds is 11. The standard InChI is InChI=1S/C37H42N10O4.C2HF3O2/c1-23(48)42-29-18-30(33(50)32(29)49)47-22-41-31-34(39-20-28(24-10-4-2-5-11-24)25-12-6-3-7-13-25)44-36(45-35(31)47)46-17-15-27(21-46)43-37(51)40-19-26-14-8-9-16-38-26;3-2(4,5)1(6)7/h2-14,16,22,27-30,32-33,49-50H,15,17-21H2,1H3,(H,42,48)(H,39,44,45)(H2,40,43,51);(H,6,7)/t27-,29+,30-,32-,33+;/m1./s1. The summed E-state index contributed by atoms with van der Waals surface area (Å²) in [5, 5.41) is 41.3. The Morgan fingerprint density at radius 3 is 2.16 bits per heavy atom. The van der Waals surface area contributed by atoms with Crippen molar-refractivity contribution >= 4 is 40.8 Å². The molecule has 2 aromatic carbocycles. The van der Waals surface area contributed by atoms with E-state index in [9.17, 15) is 33.0 Å². The number of halogens is 3. The Morgan fingerprint density at radius 2 is 1.55 bits per heavy atom. The molecule has 5 atom stereocenters. The average molecular weight is 805 g/mol. The number of alkyl halides is 3. The number of carbonyl (C=O) groups is 3. The van der Waals surface area contributed by atoms with E-state index in [-0.39, 0.29) is 23.9 Å². The number of aliphatic hydroxyl groups is 2. The zero-order valence-electron chi connectivity index (χ0n) is 31.3. The number of imidazole rings is 1. The first kappa shape index (κ1) is 41.3. The lowest BCUT2D eigenvalue weighted by atomic mass is 9.91. The van der Waals surface area contributed by atoms with Gasteiger partial charge in [0, 0.05) is 44.7 Å². The second kappa shape index (κ2) is 18.3. The van der Waals surface area contributed by atoms with Crippen molar-refractivity contribution in [1.82, 2.24) is 40.5 Å². The normalized spacial score (nSPS) is 20.3. The van der Waals surface area contributed by atoms with Crippen molar-refractivity contribution < 1.29 is 42.9 Å². The first-order valence-electron chi connectivity index (χ1n) is 18.5. The highest BCUT2D eigenvalue weighted by molar-refractivity contribution is 5.85. The smallest absolute Gasteiger partial charge is 0.475 e. The number of hydrogen-bond donors (Lipinski definition) is 7. The molecule has 0 unspecified atom stereocenters. The largest absolute Gasteiger partial charge is 0.490 e. The number of aliphatic carboxylic acids is 1. The van der Waals surface area contributed by atoms with Crippen molar-refractivity contribution in [2.75, 3.05) is 29.9 Å². The summed E-state index contributed by atoms with van der Waals surface area (Å²) in [7, 11) is 0. The summed E-state index contributed by atoms with van der Waals surface area (Å²) in [4.78, 5) is 54.4. The Bertz CT molecular complexity index is 2120. The van der Waals surface area contributed by atoms with E-state index in [0.29, 0.717) is 62.0 Å². The predicted octanol–water partition coefficient (Wildman–Crippen LogP) is 3.35. The van der Waals surface area contributed by atoms with Gasteiger partial charge in [0.2, 0.25) is 11.9 Å². The molecule has 0 bridgehead atoms. The summed E-state index contributed by atoms with van der Waals surface area (Å²) in [6.45, 7) is 3.32. The fourth-order valence-electron chi connectivity index (χ4n) is 7.07. The molecule has 3 aromatic heterocycles. The summed E-state index contributed by atoms with van der Waals surface area (Å²) < 4.78 is 33.5. The van der Waals surface area contributed by atoms with E-state index in [0.717, 1.165) is 16.8 Å². The van der Waals surface area contributed by atoms with E-state index in [1.54, 1.807) is 17.1 Å². The lowest BCUT2D eigenvalue weighted by Gasteiger charge is -2.22. The van der Waals surface area contributed by atoms with Crippen LogP contribution in [-0.4, -0.2) is 108 Å². The lowest BCUT2D eigenvalue weighted by molar-refractivity contribution is -0.192. The quantitative estimate of drug-likeness (QED) is 0.102. The minimum absolute atomic E-state index is 0.0122. The van der Waals surface area contributed by atoms with Gasteiger partial charge in [-0.15, -0.1) is 0 Å². The number of pyridine rings is 1. The molecule has 4 heterocycles. The second-order valence-electron chi connectivity index (χ2n) is 13.9. The van der Waals surface area contributed by atoms with Gasteiger partial charge in [-0.1, -0.05) is 66.7 Å². The van der Waals surface area contributed by atoms with Crippen LogP contribution in [0.25, 0.3) is 11.2 Å². The van der Waals surface area contributed by atoms with Crippen LogP contribution in [0, 0.1) is 0 Å². The van der Waals surface area contributed by atoms with Crippen LogP contribution in [0.1, 0.15) is 48.5 Å². The van der Waals surface area contributed by atoms with E-state index in [2.05, 4.69) is 50.5 Å². The molecule has 1 saturated heterocycles. The van der Waals surface area contributed by atoms with Crippen LogP contribution in [-0.2, 0) is 16.1 Å². The van der Waals surface area contributed by atoms with Crippen molar-refractivity contribution in [3.05, 3.63) is 108 Å². The molecular weight excluding hydrogens is 761 g/mol. The van der Waals surface area contributed by atoms with E-state index in [1.165, 1.54) is 6.92 Å². The van der Waals surface area contributed by atoms with Crippen molar-refractivity contribution in [3.8, 4) is 0 Å². The third-order valence-corrected chi connectivity index (χ3v) is 9.89. The van der Waals surface area contributed by atoms with Crippen LogP contribution in [0.15, 0.2) is 91.4 Å². The fraction of sp³-hybridized carbons (Fsp3) is 0.359. The number of nitrogens with zero attached hydrogens (tertiary/aromatic N) is 6. The number of aliphatic hydroxyl groups excluding tert-OH is 2. The first-order valence-corrected chi connectivity index (χ1v) is 18.5. The molecule has 1 aliphatic carbocycles. The zero-order chi connectivity index (χ0) is 41.4. The summed E-state index contributed by atoms with van der Waals surface area (Å²) >= 11 is 0. The van der Waals surface area contributed by atoms with Gasteiger partial charge in [0.1, 0.15) is 12.2 Å². The molecule has 2 fully saturated rings. The van der Waals surface area contributed by atoms with Gasteiger partial charge in [0.25, 0.3) is 0 Å². The topological polar surface area (TPSA) is 220 Å². The Hall–Kier alpha value is -6.34. The Kier molecular flexibility index (Phi) is 13.0. The van der Waals surface area contributed by atoms with Crippen LogP contribution in [0.4, 0.5) is 29.7 Å². The van der Waals surface area contributed by atoms with Gasteiger partial charge >= 0.3 is 18.2 Å². The highest BCUT2D eigenvalue weighted by Crippen LogP contribution is 2.35. The van der Waals surface area contributed by atoms with E-state index in [1.807, 2.05) is 59.5 Å². The minimum atomic E-state index is -5.08. The number of hydrogen-bond acceptors (Lipinski definition) is 11. The zero-order valence-corrected chi connectivity index (χ0v) is 31.3. The Labute approximate surface area is 330 Å². The number of carboxylic acid groups (broad SMARTS) is 1. The third-order valence-electron chi connectivity index (χ3n) is 9.89. The van der Waals surface area contributed by atoms with Crippen molar-refractivity contribution in [3.63, 3.8) is 0 Å². The molecule has 1 saturated carbocycles. The maximum atomic E-state index is 12.7. The van der Waals surface area contributed by atoms with Gasteiger partial charge in [0.05, 0.1) is 30.6 Å². The molecule has 306 valence electrons. The number of benzene rings is 2. The number of carboxylic acids is 1. The van der Waals surface area contributed by atoms with E-state index in [4.69, 9.17) is 24.9 Å². The van der Waals surface area contributed by atoms with Crippen molar-refractivity contribution in [1.29, 1.82) is 0 Å². The molecule has 3 amide bonds. The minimum Gasteiger partial charge on any atom is -0.475 e. The maximum absolute atomic E-state index is 12.7. The summed E-state index contributed by atoms with van der Waals surface area (Å²) in [5.41, 5.74) is 4.07. The number of carbonyl (C=O) groups excluding carboxylic acids is 2. The highest BCUT2D eigenvalue weighted by atomic mass is 19.4. The first-order chi connectivity index (χ1) is 27.8. The molecular formula is C39H43F3N10O6. The van der Waals surface area contributed by atoms with Gasteiger partial charge in [-0.3, -0.25) is 9.78 Å². The number of fused-ring (bicyclic) bond motifs is 1. The van der Waals surface area contributed by atoms with Crippen molar-refractivity contribution in [2.24, 2.45) is 0 Å². The number of urea groups is 1. The van der Waals surface area contributed by atoms with Crippen LogP contribution >= 0.6 is 0 Å². The molecule has 0 radical (unpaired) electrons. The molecule has 2 aliphatic rings. The maximum Gasteiger partial charge on any atom is 0.490 e. The van der Waals surface area contributed by atoms with Gasteiger partial charge in [0.15, 0.2) is 17.0 Å². The monoisotopic (exact) mass is 804 g/mol. The van der Waals surface area contributed by atoms with Gasteiger partial charge in [-0.25, -0.2) is 14.6 Å². The highest BCUT2D eigenvalue weighted by Gasteiger charge is 2.44. The summed E-state index contributed by atoms with van der Waals surface area (Å²) in [5.74, 6) is -2.05. The fourth-order valence-corrected chi connectivity index (χ4v) is 7.07. The molecule has 16 nitrogen and oxygen atoms in total. The number of anilines is 2. The molecule has 7 rings (SSSR count). The number of nitrogens with one attached hydrogen (secondary N) is 4. The molecule has 7 N–H and O–H groups in total. The lowest BCUT2D eigenvalue weighted by Crippen LogP contribution is -2.43. The number of amides is 3. The number of aromatic nitrogens is 5. The van der Waals surface area contributed by atoms with Gasteiger partial charge in [-0.2, -0.15) is 23.1 Å². The van der Waals surface area contributed by atoms with Crippen LogP contribution in [0.5, 0.6) is 0 Å². The van der Waals surface area contributed by atoms with Gasteiger partial charge < -0.3 is 46.1 Å². The van der Waals surface area contributed by atoms with Crippen LogP contribution in [0.2, 0.25) is 0 Å². The molecule has 5 aromatic rings. The summed E-state index contributed by atoms with van der Waals surface area (Å²) in [6, 6.07) is 24.5. The molecule has 19 heteroatoms. The SMILES string of the molecule is CC(=O)N[C@H]1C[C@@H](n2cnc3c(NCC(c4ccccc4)c4ccccc4)nc(N4CC[C@@H](NC(=O)NCc5ccccn5)C4)nc32)[C@H](O)[C@@H]1O.O=C(O)C(F)(F)F. The van der Waals surface area contributed by atoms with Crippen molar-refractivity contribution in [2.45, 2.75) is 68.7 Å². The molecule has 0 spiro atoms. The predicted molar refractivity (Wildman–Crippen MR) is 206 cm³/mol. The molecule has 1 aliphatic heterocycles. The van der Waals surface area contributed by atoms with Crippen LogP contribution < -0.4 is 26.2 Å². The third kappa shape index (κ3) is 10.1. The van der Waals surface area contributed by atoms with Gasteiger partial charge in [-0.05, 0) is 36.1 Å². The van der Waals surface area contributed by atoms with E-state index < -0.39 is 36.4 Å². The van der Waals surface area contributed by atoms with Crippen LogP contribution in [0.3, 0.4) is 0 Å².